The average molecular weight is 352 g/mol. The summed E-state index contributed by atoms with van der Waals surface area (Å²) in [5.74, 6) is 0. The molecule has 0 bridgehead atoms. The van der Waals surface area contributed by atoms with Crippen LogP contribution >= 0.6 is 43.2 Å². The second kappa shape index (κ2) is 4.82. The zero-order valence-corrected chi connectivity index (χ0v) is 11.6. The average Bonchev–Trinajstić information content (AvgIpc) is 2.75. The Hall–Kier alpha value is -0.100. The van der Waals surface area contributed by atoms with Crippen molar-refractivity contribution in [2.24, 2.45) is 0 Å². The Morgan fingerprint density at radius 3 is 2.80 bits per heavy atom. The smallest absolute Gasteiger partial charge is 0.174 e. The van der Waals surface area contributed by atoms with E-state index in [1.807, 2.05) is 11.4 Å². The normalized spacial score (nSPS) is 13.0. The summed E-state index contributed by atoms with van der Waals surface area (Å²) in [6, 6.07) is 3.79. The number of aliphatic hydroxyl groups is 1. The molecule has 2 nitrogen and oxygen atoms in total. The Morgan fingerprint density at radius 1 is 1.47 bits per heavy atom. The van der Waals surface area contributed by atoms with E-state index in [0.717, 1.165) is 14.9 Å². The molecule has 2 aromatic rings. The van der Waals surface area contributed by atoms with Crippen LogP contribution in [0.3, 0.4) is 0 Å². The number of hydrogen-bond donors (Lipinski definition) is 1. The van der Waals surface area contributed by atoms with Crippen LogP contribution < -0.4 is 0 Å². The van der Waals surface area contributed by atoms with Crippen LogP contribution in [0.15, 0.2) is 37.3 Å². The molecule has 0 saturated heterocycles. The summed E-state index contributed by atoms with van der Waals surface area (Å²) in [6.45, 7) is 0. The van der Waals surface area contributed by atoms with Crippen LogP contribution in [-0.4, -0.2) is 5.11 Å². The van der Waals surface area contributed by atoms with Crippen LogP contribution in [0.25, 0.3) is 0 Å². The highest BCUT2D eigenvalue weighted by Gasteiger charge is 2.15. The van der Waals surface area contributed by atoms with E-state index in [1.165, 1.54) is 0 Å². The summed E-state index contributed by atoms with van der Waals surface area (Å²) in [6.07, 6.45) is 1.64. The van der Waals surface area contributed by atoms with Gasteiger partial charge in [-0.1, -0.05) is 0 Å². The zero-order valence-electron chi connectivity index (χ0n) is 7.61. The van der Waals surface area contributed by atoms with Crippen LogP contribution in [0.5, 0.6) is 0 Å². The van der Waals surface area contributed by atoms with E-state index in [1.54, 1.807) is 23.7 Å². The van der Waals surface area contributed by atoms with Crippen molar-refractivity contribution in [2.75, 3.05) is 0 Å². The molecule has 0 aliphatic heterocycles. The molecule has 2 aromatic heterocycles. The van der Waals surface area contributed by atoms with Crippen LogP contribution in [0.1, 0.15) is 16.5 Å². The minimum Gasteiger partial charge on any atom is -0.457 e. The lowest BCUT2D eigenvalue weighted by molar-refractivity contribution is 0.177. The van der Waals surface area contributed by atoms with Crippen molar-refractivity contribution < 1.29 is 9.52 Å². The predicted octanol–water partition coefficient (Wildman–Crippen LogP) is 4.14. The number of furan rings is 1. The first-order valence-corrected chi connectivity index (χ1v) is 6.77. The molecule has 0 saturated carbocycles. The molecule has 0 aliphatic carbocycles. The molecule has 2 heterocycles. The van der Waals surface area contributed by atoms with Gasteiger partial charge in [0.15, 0.2) is 4.67 Å². The van der Waals surface area contributed by atoms with Crippen molar-refractivity contribution in [3.05, 3.63) is 43.4 Å². The summed E-state index contributed by atoms with van der Waals surface area (Å²) < 4.78 is 6.74. The minimum absolute atomic E-state index is 0.524. The lowest BCUT2D eigenvalue weighted by Gasteiger charge is -2.06. The van der Waals surface area contributed by atoms with Gasteiger partial charge in [0.1, 0.15) is 0 Å². The van der Waals surface area contributed by atoms with E-state index >= 15 is 0 Å². The maximum absolute atomic E-state index is 9.95. The summed E-state index contributed by atoms with van der Waals surface area (Å²) in [7, 11) is 0. The SMILES string of the molecule is OC(Cc1cc(Br)cs1)c1ccoc1Br. The highest BCUT2D eigenvalue weighted by Crippen LogP contribution is 2.29. The molecule has 1 N–H and O–H groups in total. The van der Waals surface area contributed by atoms with Gasteiger partial charge in [0, 0.05) is 26.7 Å². The quantitative estimate of drug-likeness (QED) is 0.901. The first-order chi connectivity index (χ1) is 7.16. The number of halogens is 2. The third kappa shape index (κ3) is 2.72. The largest absolute Gasteiger partial charge is 0.457 e. The molecule has 1 atom stereocenters. The van der Waals surface area contributed by atoms with E-state index in [9.17, 15) is 5.11 Å². The summed E-state index contributed by atoms with van der Waals surface area (Å²) in [5.41, 5.74) is 0.791. The van der Waals surface area contributed by atoms with Crippen molar-refractivity contribution in [1.29, 1.82) is 0 Å². The molecule has 0 radical (unpaired) electrons. The van der Waals surface area contributed by atoms with Crippen molar-refractivity contribution in [1.82, 2.24) is 0 Å². The van der Waals surface area contributed by atoms with Gasteiger partial charge >= 0.3 is 0 Å². The lowest BCUT2D eigenvalue weighted by Crippen LogP contribution is -1.99. The first-order valence-electron chi connectivity index (χ1n) is 4.30. The molecule has 80 valence electrons. The van der Waals surface area contributed by atoms with Crippen molar-refractivity contribution >= 4 is 43.2 Å². The Balaban J connectivity index is 2.10. The van der Waals surface area contributed by atoms with Gasteiger partial charge in [0.2, 0.25) is 0 Å². The maximum Gasteiger partial charge on any atom is 0.174 e. The van der Waals surface area contributed by atoms with Gasteiger partial charge < -0.3 is 9.52 Å². The molecule has 2 rings (SSSR count). The third-order valence-electron chi connectivity index (χ3n) is 2.02. The fourth-order valence-corrected chi connectivity index (χ4v) is 3.30. The zero-order chi connectivity index (χ0) is 10.8. The van der Waals surface area contributed by atoms with Crippen LogP contribution in [0.4, 0.5) is 0 Å². The molecule has 1 unspecified atom stereocenters. The fourth-order valence-electron chi connectivity index (χ4n) is 1.30. The van der Waals surface area contributed by atoms with E-state index in [-0.39, 0.29) is 0 Å². The molecule has 0 aliphatic rings. The van der Waals surface area contributed by atoms with E-state index in [4.69, 9.17) is 4.42 Å². The molecule has 0 fully saturated rings. The van der Waals surface area contributed by atoms with Crippen molar-refractivity contribution in [3.63, 3.8) is 0 Å². The topological polar surface area (TPSA) is 33.4 Å². The number of thiophene rings is 1. The predicted molar refractivity (Wildman–Crippen MR) is 67.1 cm³/mol. The third-order valence-corrected chi connectivity index (χ3v) is 4.39. The summed E-state index contributed by atoms with van der Waals surface area (Å²) >= 11 is 8.27. The highest BCUT2D eigenvalue weighted by atomic mass is 79.9. The second-order valence-corrected chi connectivity index (χ2v) is 5.73. The fraction of sp³-hybridized carbons (Fsp3) is 0.200. The molecule has 0 amide bonds. The number of rotatable bonds is 3. The van der Waals surface area contributed by atoms with Gasteiger partial charge in [-0.15, -0.1) is 11.3 Å². The van der Waals surface area contributed by atoms with Crippen molar-refractivity contribution in [3.8, 4) is 0 Å². The first kappa shape index (κ1) is 11.4. The van der Waals surface area contributed by atoms with Gasteiger partial charge in [0.05, 0.1) is 12.4 Å². The van der Waals surface area contributed by atoms with Crippen LogP contribution in [0.2, 0.25) is 0 Å². The minimum atomic E-state index is -0.524. The monoisotopic (exact) mass is 350 g/mol. The lowest BCUT2D eigenvalue weighted by atomic mass is 10.1. The Bertz CT molecular complexity index is 450. The molecule has 0 aromatic carbocycles. The molecule has 15 heavy (non-hydrogen) atoms. The standard InChI is InChI=1S/C10H8Br2O2S/c11-6-3-7(15-5-6)4-9(13)8-1-2-14-10(8)12/h1-3,5,9,13H,4H2. The Labute approximate surface area is 108 Å². The second-order valence-electron chi connectivity index (χ2n) is 3.10. The van der Waals surface area contributed by atoms with E-state index in [2.05, 4.69) is 31.9 Å². The number of hydrogen-bond acceptors (Lipinski definition) is 3. The molecular formula is C10H8Br2O2S. The van der Waals surface area contributed by atoms with Crippen LogP contribution in [0, 0.1) is 0 Å². The van der Waals surface area contributed by atoms with Crippen molar-refractivity contribution in [2.45, 2.75) is 12.5 Å². The van der Waals surface area contributed by atoms with Gasteiger partial charge in [0.25, 0.3) is 0 Å². The highest BCUT2D eigenvalue weighted by molar-refractivity contribution is 9.10. The van der Waals surface area contributed by atoms with E-state index in [0.29, 0.717) is 11.1 Å². The maximum atomic E-state index is 9.95. The molecule has 5 heteroatoms. The Morgan fingerprint density at radius 2 is 2.27 bits per heavy atom. The van der Waals surface area contributed by atoms with Gasteiger partial charge in [-0.25, -0.2) is 0 Å². The molecular weight excluding hydrogens is 344 g/mol. The van der Waals surface area contributed by atoms with Gasteiger partial charge in [-0.05, 0) is 44.0 Å². The summed E-state index contributed by atoms with van der Waals surface area (Å²) in [5, 5.41) is 12.0. The molecule has 0 spiro atoms. The summed E-state index contributed by atoms with van der Waals surface area (Å²) in [4.78, 5) is 1.14. The van der Waals surface area contributed by atoms with Gasteiger partial charge in [-0.2, -0.15) is 0 Å². The number of aliphatic hydroxyl groups excluding tert-OH is 1. The Kier molecular flexibility index (Phi) is 3.66. The van der Waals surface area contributed by atoms with Gasteiger partial charge in [-0.3, -0.25) is 0 Å². The van der Waals surface area contributed by atoms with Crippen LogP contribution in [-0.2, 0) is 6.42 Å². The van der Waals surface area contributed by atoms with E-state index < -0.39 is 6.10 Å².